The van der Waals surface area contributed by atoms with Gasteiger partial charge in [-0.25, -0.2) is 4.79 Å². The Morgan fingerprint density at radius 2 is 2.11 bits per heavy atom. The lowest BCUT2D eigenvalue weighted by Crippen LogP contribution is -2.27. The van der Waals surface area contributed by atoms with Crippen molar-refractivity contribution in [3.63, 3.8) is 0 Å². The first-order valence-electron chi connectivity index (χ1n) is 5.89. The Kier molecular flexibility index (Phi) is 4.76. The fourth-order valence-corrected chi connectivity index (χ4v) is 1.45. The summed E-state index contributed by atoms with van der Waals surface area (Å²) in [6, 6.07) is 7.20. The van der Waals surface area contributed by atoms with Crippen LogP contribution in [0.15, 0.2) is 18.2 Å². The van der Waals surface area contributed by atoms with E-state index < -0.39 is 11.7 Å². The molecule has 0 unspecified atom stereocenters. The van der Waals surface area contributed by atoms with E-state index in [0.29, 0.717) is 17.0 Å². The first-order valence-corrected chi connectivity index (χ1v) is 5.89. The lowest BCUT2D eigenvalue weighted by Gasteiger charge is -2.20. The lowest BCUT2D eigenvalue weighted by molar-refractivity contribution is 0.0636. The molecule has 1 amide bonds. The molecule has 0 fully saturated rings. The summed E-state index contributed by atoms with van der Waals surface area (Å²) in [5.41, 5.74) is 0.669. The van der Waals surface area contributed by atoms with Crippen LogP contribution in [0, 0.1) is 11.3 Å². The predicted octanol–water partition coefficient (Wildman–Crippen LogP) is 3.11. The molecule has 19 heavy (non-hydrogen) atoms. The van der Waals surface area contributed by atoms with Gasteiger partial charge in [0.25, 0.3) is 0 Å². The highest BCUT2D eigenvalue weighted by Gasteiger charge is 2.17. The van der Waals surface area contributed by atoms with Crippen LogP contribution in [-0.2, 0) is 11.2 Å². The number of ether oxygens (including phenoxy) is 2. The third-order valence-electron chi connectivity index (χ3n) is 2.22. The van der Waals surface area contributed by atoms with Crippen LogP contribution in [0.1, 0.15) is 26.3 Å². The van der Waals surface area contributed by atoms with E-state index in [4.69, 9.17) is 14.7 Å². The van der Waals surface area contributed by atoms with Crippen molar-refractivity contribution in [2.24, 2.45) is 0 Å². The highest BCUT2D eigenvalue weighted by molar-refractivity contribution is 5.86. The normalized spacial score (nSPS) is 10.5. The van der Waals surface area contributed by atoms with Gasteiger partial charge in [0.15, 0.2) is 0 Å². The van der Waals surface area contributed by atoms with Gasteiger partial charge in [0.1, 0.15) is 11.4 Å². The molecule has 0 atom stereocenters. The first-order chi connectivity index (χ1) is 8.85. The molecule has 0 spiro atoms. The topological polar surface area (TPSA) is 71.3 Å². The van der Waals surface area contributed by atoms with Gasteiger partial charge in [0.2, 0.25) is 0 Å². The zero-order valence-corrected chi connectivity index (χ0v) is 11.6. The number of hydrogen-bond donors (Lipinski definition) is 1. The van der Waals surface area contributed by atoms with E-state index in [9.17, 15) is 4.79 Å². The minimum absolute atomic E-state index is 0.203. The Labute approximate surface area is 113 Å². The van der Waals surface area contributed by atoms with E-state index in [1.165, 1.54) is 7.11 Å². The molecule has 5 heteroatoms. The number of rotatable bonds is 3. The average molecular weight is 262 g/mol. The molecule has 102 valence electrons. The maximum Gasteiger partial charge on any atom is 0.412 e. The standard InChI is InChI=1S/C14H18N2O3/c1-14(2,3)19-13(17)16-12-9-11(18-4)6-5-10(12)7-8-15/h5-6,9H,7H2,1-4H3,(H,16,17). The number of nitriles is 1. The molecule has 1 N–H and O–H groups in total. The molecule has 1 aromatic rings. The number of amides is 1. The van der Waals surface area contributed by atoms with Crippen LogP contribution in [-0.4, -0.2) is 18.8 Å². The number of benzene rings is 1. The molecule has 1 aromatic carbocycles. The SMILES string of the molecule is COc1ccc(CC#N)c(NC(=O)OC(C)(C)C)c1. The molecular formula is C14H18N2O3. The molecular weight excluding hydrogens is 244 g/mol. The highest BCUT2D eigenvalue weighted by Crippen LogP contribution is 2.23. The monoisotopic (exact) mass is 262 g/mol. The molecule has 0 aromatic heterocycles. The fourth-order valence-electron chi connectivity index (χ4n) is 1.45. The minimum Gasteiger partial charge on any atom is -0.497 e. The average Bonchev–Trinajstić information content (AvgIpc) is 2.29. The molecule has 0 aliphatic carbocycles. The van der Waals surface area contributed by atoms with Crippen molar-refractivity contribution in [1.82, 2.24) is 0 Å². The zero-order valence-electron chi connectivity index (χ0n) is 11.6. The molecule has 0 saturated heterocycles. The molecule has 0 saturated carbocycles. The number of carbonyl (C=O) groups excluding carboxylic acids is 1. The number of nitrogens with one attached hydrogen (secondary N) is 1. The number of anilines is 1. The molecule has 0 aliphatic heterocycles. The summed E-state index contributed by atoms with van der Waals surface area (Å²) in [6.07, 6.45) is -0.352. The van der Waals surface area contributed by atoms with Crippen LogP contribution in [0.2, 0.25) is 0 Å². The van der Waals surface area contributed by atoms with Crippen molar-refractivity contribution in [1.29, 1.82) is 5.26 Å². The zero-order chi connectivity index (χ0) is 14.5. The summed E-state index contributed by atoms with van der Waals surface area (Å²) < 4.78 is 10.3. The van der Waals surface area contributed by atoms with E-state index >= 15 is 0 Å². The molecule has 0 aliphatic rings. The summed E-state index contributed by atoms with van der Waals surface area (Å²) in [5.74, 6) is 0.604. The van der Waals surface area contributed by atoms with E-state index in [1.54, 1.807) is 39.0 Å². The fraction of sp³-hybridized carbons (Fsp3) is 0.429. The van der Waals surface area contributed by atoms with Crippen LogP contribution in [0.25, 0.3) is 0 Å². The van der Waals surface area contributed by atoms with E-state index in [0.717, 1.165) is 0 Å². The molecule has 0 bridgehead atoms. The molecule has 0 radical (unpaired) electrons. The van der Waals surface area contributed by atoms with Gasteiger partial charge in [-0.3, -0.25) is 5.32 Å². The Hall–Kier alpha value is -2.22. The van der Waals surface area contributed by atoms with Gasteiger partial charge >= 0.3 is 6.09 Å². The summed E-state index contributed by atoms with van der Waals surface area (Å²) in [4.78, 5) is 11.7. The number of nitrogens with zero attached hydrogens (tertiary/aromatic N) is 1. The Bertz CT molecular complexity index is 498. The summed E-state index contributed by atoms with van der Waals surface area (Å²) in [7, 11) is 1.54. The van der Waals surface area contributed by atoms with E-state index in [1.807, 2.05) is 0 Å². The molecule has 5 nitrogen and oxygen atoms in total. The van der Waals surface area contributed by atoms with Crippen molar-refractivity contribution in [2.45, 2.75) is 32.8 Å². The van der Waals surface area contributed by atoms with Crippen molar-refractivity contribution in [3.05, 3.63) is 23.8 Å². The van der Waals surface area contributed by atoms with Gasteiger partial charge in [-0.1, -0.05) is 6.07 Å². The van der Waals surface area contributed by atoms with Gasteiger partial charge in [0.05, 0.1) is 25.3 Å². The number of hydrogen-bond acceptors (Lipinski definition) is 4. The van der Waals surface area contributed by atoms with Gasteiger partial charge in [0, 0.05) is 6.07 Å². The van der Waals surface area contributed by atoms with Crippen molar-refractivity contribution in [2.75, 3.05) is 12.4 Å². The second kappa shape index (κ2) is 6.10. The van der Waals surface area contributed by atoms with Crippen LogP contribution >= 0.6 is 0 Å². The van der Waals surface area contributed by atoms with Crippen molar-refractivity contribution >= 4 is 11.8 Å². The largest absolute Gasteiger partial charge is 0.497 e. The maximum atomic E-state index is 11.7. The quantitative estimate of drug-likeness (QED) is 0.908. The van der Waals surface area contributed by atoms with Gasteiger partial charge < -0.3 is 9.47 Å². The molecule has 1 rings (SSSR count). The van der Waals surface area contributed by atoms with Crippen molar-refractivity contribution in [3.8, 4) is 11.8 Å². The minimum atomic E-state index is -0.571. The number of carbonyl (C=O) groups is 1. The van der Waals surface area contributed by atoms with E-state index in [2.05, 4.69) is 11.4 Å². The highest BCUT2D eigenvalue weighted by atomic mass is 16.6. The third-order valence-corrected chi connectivity index (χ3v) is 2.22. The van der Waals surface area contributed by atoms with Crippen LogP contribution in [0.5, 0.6) is 5.75 Å². The third kappa shape index (κ3) is 4.88. The first kappa shape index (κ1) is 14.8. The Morgan fingerprint density at radius 3 is 2.63 bits per heavy atom. The summed E-state index contributed by atoms with van der Waals surface area (Å²) in [5, 5.41) is 11.4. The second-order valence-electron chi connectivity index (χ2n) is 4.98. The van der Waals surface area contributed by atoms with Gasteiger partial charge in [-0.15, -0.1) is 0 Å². The Balaban J connectivity index is 2.91. The predicted molar refractivity (Wildman–Crippen MR) is 72.2 cm³/mol. The van der Waals surface area contributed by atoms with Crippen LogP contribution in [0.3, 0.4) is 0 Å². The van der Waals surface area contributed by atoms with Crippen LogP contribution < -0.4 is 10.1 Å². The van der Waals surface area contributed by atoms with Crippen LogP contribution in [0.4, 0.5) is 10.5 Å². The van der Waals surface area contributed by atoms with E-state index in [-0.39, 0.29) is 6.42 Å². The van der Waals surface area contributed by atoms with Gasteiger partial charge in [-0.2, -0.15) is 5.26 Å². The Morgan fingerprint density at radius 1 is 1.42 bits per heavy atom. The summed E-state index contributed by atoms with van der Waals surface area (Å²) in [6.45, 7) is 5.36. The maximum absolute atomic E-state index is 11.7. The van der Waals surface area contributed by atoms with Gasteiger partial charge in [-0.05, 0) is 32.4 Å². The smallest absolute Gasteiger partial charge is 0.412 e. The lowest BCUT2D eigenvalue weighted by atomic mass is 10.1. The van der Waals surface area contributed by atoms with Crippen molar-refractivity contribution < 1.29 is 14.3 Å². The second-order valence-corrected chi connectivity index (χ2v) is 4.98. The summed E-state index contributed by atoms with van der Waals surface area (Å²) >= 11 is 0. The molecule has 0 heterocycles. The number of methoxy groups -OCH3 is 1.